The van der Waals surface area contributed by atoms with E-state index >= 15 is 0 Å². The average molecular weight is 276 g/mol. The summed E-state index contributed by atoms with van der Waals surface area (Å²) >= 11 is 0. The van der Waals surface area contributed by atoms with Crippen molar-refractivity contribution in [2.45, 2.75) is 6.92 Å². The molecule has 0 atom stereocenters. The first-order chi connectivity index (χ1) is 9.45. The summed E-state index contributed by atoms with van der Waals surface area (Å²) in [7, 11) is 0. The molecule has 3 heterocycles. The average Bonchev–Trinajstić information content (AvgIpc) is 2.74. The quantitative estimate of drug-likeness (QED) is 0.346. The number of hydrogen-bond acceptors (Lipinski definition) is 7. The SMILES string of the molecule is Cc1c[nH]c(=O)[nH]c1=O.Nc1ncc2[nH]c(N)nc2n1. The van der Waals surface area contributed by atoms with Gasteiger partial charge in [-0.15, -0.1) is 0 Å². The molecule has 0 amide bonds. The van der Waals surface area contributed by atoms with Crippen LogP contribution in [0.4, 0.5) is 11.9 Å². The monoisotopic (exact) mass is 276 g/mol. The lowest BCUT2D eigenvalue weighted by atomic mass is 10.4. The van der Waals surface area contributed by atoms with Crippen LogP contribution in [0.3, 0.4) is 0 Å². The van der Waals surface area contributed by atoms with E-state index in [0.29, 0.717) is 22.7 Å². The zero-order chi connectivity index (χ0) is 14.7. The van der Waals surface area contributed by atoms with Gasteiger partial charge in [0.05, 0.1) is 6.20 Å². The molecule has 0 bridgehead atoms. The minimum Gasteiger partial charge on any atom is -0.369 e. The largest absolute Gasteiger partial charge is 0.369 e. The molecule has 0 aliphatic carbocycles. The molecule has 0 radical (unpaired) electrons. The number of hydrogen-bond donors (Lipinski definition) is 5. The third-order valence-corrected chi connectivity index (χ3v) is 2.28. The van der Waals surface area contributed by atoms with Gasteiger partial charge in [-0.05, 0) is 6.92 Å². The highest BCUT2D eigenvalue weighted by molar-refractivity contribution is 5.72. The molecule has 0 fully saturated rings. The Morgan fingerprint density at radius 2 is 1.90 bits per heavy atom. The van der Waals surface area contributed by atoms with Crippen molar-refractivity contribution in [1.82, 2.24) is 29.9 Å². The van der Waals surface area contributed by atoms with Crippen LogP contribution in [-0.4, -0.2) is 29.9 Å². The molecule has 104 valence electrons. The van der Waals surface area contributed by atoms with Crippen LogP contribution in [0, 0.1) is 6.92 Å². The second-order valence-electron chi connectivity index (χ2n) is 3.84. The molecule has 0 saturated carbocycles. The minimum atomic E-state index is -0.467. The normalized spacial score (nSPS) is 10.1. The van der Waals surface area contributed by atoms with Crippen LogP contribution in [0.25, 0.3) is 11.2 Å². The van der Waals surface area contributed by atoms with E-state index in [4.69, 9.17) is 11.5 Å². The van der Waals surface area contributed by atoms with Gasteiger partial charge in [-0.25, -0.2) is 9.78 Å². The van der Waals surface area contributed by atoms with Gasteiger partial charge < -0.3 is 21.4 Å². The van der Waals surface area contributed by atoms with Crippen molar-refractivity contribution in [3.63, 3.8) is 0 Å². The molecule has 0 aliphatic rings. The summed E-state index contributed by atoms with van der Waals surface area (Å²) in [6.45, 7) is 1.62. The van der Waals surface area contributed by atoms with Gasteiger partial charge in [0.1, 0.15) is 5.52 Å². The lowest BCUT2D eigenvalue weighted by Crippen LogP contribution is -2.22. The Labute approximate surface area is 111 Å². The first kappa shape index (κ1) is 13.3. The van der Waals surface area contributed by atoms with Crippen molar-refractivity contribution >= 4 is 23.1 Å². The summed E-state index contributed by atoms with van der Waals surface area (Å²) in [5.41, 5.74) is 11.6. The van der Waals surface area contributed by atoms with Gasteiger partial charge in [-0.2, -0.15) is 9.97 Å². The van der Waals surface area contributed by atoms with Crippen molar-refractivity contribution in [1.29, 1.82) is 0 Å². The Hall–Kier alpha value is -3.17. The van der Waals surface area contributed by atoms with E-state index < -0.39 is 5.69 Å². The summed E-state index contributed by atoms with van der Waals surface area (Å²) in [5.74, 6) is 0.518. The van der Waals surface area contributed by atoms with Crippen LogP contribution in [0.2, 0.25) is 0 Å². The number of nitrogen functional groups attached to an aromatic ring is 2. The fourth-order valence-corrected chi connectivity index (χ4v) is 1.32. The maximum atomic E-state index is 10.6. The molecule has 3 aromatic heterocycles. The molecule has 3 rings (SSSR count). The van der Waals surface area contributed by atoms with E-state index in [1.54, 1.807) is 13.1 Å². The van der Waals surface area contributed by atoms with Crippen molar-refractivity contribution in [3.05, 3.63) is 38.8 Å². The summed E-state index contributed by atoms with van der Waals surface area (Å²) in [6.07, 6.45) is 2.92. The van der Waals surface area contributed by atoms with E-state index in [1.807, 2.05) is 0 Å². The number of aromatic amines is 3. The maximum Gasteiger partial charge on any atom is 0.325 e. The number of nitrogens with two attached hydrogens (primary N) is 2. The second-order valence-corrected chi connectivity index (χ2v) is 3.84. The first-order valence-electron chi connectivity index (χ1n) is 5.48. The van der Waals surface area contributed by atoms with Gasteiger partial charge in [0, 0.05) is 11.8 Å². The summed E-state index contributed by atoms with van der Waals surface area (Å²) in [6, 6.07) is 0. The number of fused-ring (bicyclic) bond motifs is 1. The molecule has 10 heteroatoms. The predicted molar refractivity (Wildman–Crippen MR) is 72.9 cm³/mol. The highest BCUT2D eigenvalue weighted by Gasteiger charge is 2.00. The van der Waals surface area contributed by atoms with Gasteiger partial charge >= 0.3 is 5.69 Å². The predicted octanol–water partition coefficient (Wildman–Crippen LogP) is -1.11. The molecule has 0 spiro atoms. The highest BCUT2D eigenvalue weighted by Crippen LogP contribution is 2.08. The Morgan fingerprint density at radius 1 is 1.15 bits per heavy atom. The van der Waals surface area contributed by atoms with E-state index in [1.165, 1.54) is 6.20 Å². The fraction of sp³-hybridized carbons (Fsp3) is 0.100. The Balaban J connectivity index is 0.000000151. The fourth-order valence-electron chi connectivity index (χ4n) is 1.32. The molecule has 0 aliphatic heterocycles. The van der Waals surface area contributed by atoms with Crippen molar-refractivity contribution in [2.75, 3.05) is 11.5 Å². The van der Waals surface area contributed by atoms with E-state index in [9.17, 15) is 9.59 Å². The molecule has 0 aromatic carbocycles. The van der Waals surface area contributed by atoms with E-state index in [-0.39, 0.29) is 11.5 Å². The zero-order valence-electron chi connectivity index (χ0n) is 10.5. The number of anilines is 2. The number of nitrogens with one attached hydrogen (secondary N) is 3. The van der Waals surface area contributed by atoms with Crippen molar-refractivity contribution < 1.29 is 0 Å². The third-order valence-electron chi connectivity index (χ3n) is 2.28. The third kappa shape index (κ3) is 2.98. The minimum absolute atomic E-state index is 0.198. The van der Waals surface area contributed by atoms with Gasteiger partial charge in [0.25, 0.3) is 5.56 Å². The van der Waals surface area contributed by atoms with E-state index in [2.05, 4.69) is 29.9 Å². The molecule has 7 N–H and O–H groups in total. The second kappa shape index (κ2) is 5.22. The number of rotatable bonds is 0. The molecular formula is C10H12N8O2. The van der Waals surface area contributed by atoms with Crippen LogP contribution < -0.4 is 22.7 Å². The molecule has 0 saturated heterocycles. The summed E-state index contributed by atoms with van der Waals surface area (Å²) < 4.78 is 0. The summed E-state index contributed by atoms with van der Waals surface area (Å²) in [4.78, 5) is 39.5. The van der Waals surface area contributed by atoms with Gasteiger partial charge in [-0.3, -0.25) is 9.78 Å². The summed E-state index contributed by atoms with van der Waals surface area (Å²) in [5, 5.41) is 0. The first-order valence-corrected chi connectivity index (χ1v) is 5.48. The Kier molecular flexibility index (Phi) is 3.46. The smallest absolute Gasteiger partial charge is 0.325 e. The van der Waals surface area contributed by atoms with Crippen LogP contribution in [0.5, 0.6) is 0 Å². The van der Waals surface area contributed by atoms with E-state index in [0.717, 1.165) is 0 Å². The molecule has 20 heavy (non-hydrogen) atoms. The molecule has 0 unspecified atom stereocenters. The Morgan fingerprint density at radius 3 is 2.55 bits per heavy atom. The number of nitrogens with zero attached hydrogens (tertiary/aromatic N) is 3. The van der Waals surface area contributed by atoms with Gasteiger partial charge in [0.2, 0.25) is 5.95 Å². The highest BCUT2D eigenvalue weighted by atomic mass is 16.2. The number of aryl methyl sites for hydroxylation is 1. The van der Waals surface area contributed by atoms with Crippen LogP contribution in [0.1, 0.15) is 5.56 Å². The van der Waals surface area contributed by atoms with Gasteiger partial charge in [0.15, 0.2) is 11.6 Å². The van der Waals surface area contributed by atoms with Crippen molar-refractivity contribution in [2.24, 2.45) is 0 Å². The maximum absolute atomic E-state index is 10.6. The van der Waals surface area contributed by atoms with Crippen LogP contribution in [-0.2, 0) is 0 Å². The number of imidazole rings is 1. The van der Waals surface area contributed by atoms with Crippen LogP contribution in [0.15, 0.2) is 22.0 Å². The van der Waals surface area contributed by atoms with Gasteiger partial charge in [-0.1, -0.05) is 0 Å². The standard InChI is InChI=1S/C5H6N6.C5H6N2O2/c6-4-8-1-2-3(10-4)11-5(7)9-2;1-3-2-6-5(9)7-4(3)8/h1H,(H5,6,7,8,9,10,11);2H,1H3,(H2,6,7,8,9). The topological polar surface area (TPSA) is 172 Å². The lowest BCUT2D eigenvalue weighted by molar-refractivity contribution is 1.01. The molecular weight excluding hydrogens is 264 g/mol. The molecule has 3 aromatic rings. The molecule has 10 nitrogen and oxygen atoms in total. The van der Waals surface area contributed by atoms with Crippen molar-refractivity contribution in [3.8, 4) is 0 Å². The van der Waals surface area contributed by atoms with Crippen LogP contribution >= 0.6 is 0 Å². The zero-order valence-corrected chi connectivity index (χ0v) is 10.5. The Bertz CT molecular complexity index is 846. The number of aromatic nitrogens is 6. The lowest BCUT2D eigenvalue weighted by Gasteiger charge is -1.87. The number of H-pyrrole nitrogens is 3.